The van der Waals surface area contributed by atoms with Gasteiger partial charge in [0.25, 0.3) is 0 Å². The van der Waals surface area contributed by atoms with Crippen LogP contribution in [0.15, 0.2) is 24.3 Å². The lowest BCUT2D eigenvalue weighted by Gasteiger charge is -2.43. The summed E-state index contributed by atoms with van der Waals surface area (Å²) in [6.45, 7) is 2.80. The highest BCUT2D eigenvalue weighted by molar-refractivity contribution is 5.79. The second kappa shape index (κ2) is 9.41. The maximum Gasteiger partial charge on any atom is 0.237 e. The first-order valence-electron chi connectivity index (χ1n) is 12.7. The van der Waals surface area contributed by atoms with E-state index in [1.807, 2.05) is 0 Å². The van der Waals surface area contributed by atoms with Gasteiger partial charge in [0.15, 0.2) is 5.79 Å². The number of nitrogens with zero attached hydrogens (tertiary/aromatic N) is 1. The molecule has 0 radical (unpaired) electrons. The van der Waals surface area contributed by atoms with E-state index in [2.05, 4.69) is 34.5 Å². The lowest BCUT2D eigenvalue weighted by molar-refractivity contribution is -0.201. The Morgan fingerprint density at radius 3 is 2.53 bits per heavy atom. The van der Waals surface area contributed by atoms with Gasteiger partial charge in [0, 0.05) is 25.9 Å². The van der Waals surface area contributed by atoms with Crippen molar-refractivity contribution in [2.75, 3.05) is 32.8 Å². The van der Waals surface area contributed by atoms with E-state index in [1.54, 1.807) is 0 Å². The van der Waals surface area contributed by atoms with Crippen LogP contribution in [0.1, 0.15) is 75.0 Å². The van der Waals surface area contributed by atoms with Crippen molar-refractivity contribution < 1.29 is 19.4 Å². The monoisotopic (exact) mass is 442 g/mol. The summed E-state index contributed by atoms with van der Waals surface area (Å²) in [6, 6.07) is 8.89. The molecule has 2 aliphatic heterocycles. The van der Waals surface area contributed by atoms with E-state index < -0.39 is 11.4 Å². The number of benzene rings is 1. The van der Waals surface area contributed by atoms with Crippen LogP contribution in [0.2, 0.25) is 0 Å². The zero-order chi connectivity index (χ0) is 22.0. The number of aliphatic hydroxyl groups is 1. The average molecular weight is 443 g/mol. The maximum absolute atomic E-state index is 13.4. The molecule has 4 aliphatic rings. The number of carbonyl (C=O) groups is 1. The number of carbonyl (C=O) groups excluding carboxylic acids is 1. The Balaban J connectivity index is 1.20. The smallest absolute Gasteiger partial charge is 0.237 e. The van der Waals surface area contributed by atoms with E-state index >= 15 is 0 Å². The van der Waals surface area contributed by atoms with Crippen molar-refractivity contribution >= 4 is 5.91 Å². The molecule has 1 spiro atoms. The first-order chi connectivity index (χ1) is 15.6. The highest BCUT2D eigenvalue weighted by Crippen LogP contribution is 2.42. The number of hydrogen-bond donors (Lipinski definition) is 2. The molecular formula is C26H38N2O4. The third-order valence-electron chi connectivity index (χ3n) is 8.23. The molecule has 2 saturated carbocycles. The van der Waals surface area contributed by atoms with Gasteiger partial charge in [-0.25, -0.2) is 0 Å². The molecule has 1 amide bonds. The number of fused-ring (bicyclic) bond motifs is 1. The summed E-state index contributed by atoms with van der Waals surface area (Å²) in [5.74, 6) is 0.240. The van der Waals surface area contributed by atoms with E-state index in [-0.39, 0.29) is 18.5 Å². The standard InChI is InChI=1S/C26H38N2O4/c29-23(18-27-19-25(30)11-13-26(14-12-25)31-16-17-32-26)28-15-10-20-6-4-5-9-22(20)24(28)21-7-2-1-3-8-21/h4-6,9,21,24,27,30H,1-3,7-8,10-19H2. The van der Waals surface area contributed by atoms with E-state index in [9.17, 15) is 9.90 Å². The van der Waals surface area contributed by atoms with Gasteiger partial charge in [-0.3, -0.25) is 4.79 Å². The normalized spacial score (nSPS) is 27.4. The second-order valence-corrected chi connectivity index (χ2v) is 10.3. The topological polar surface area (TPSA) is 71.0 Å². The van der Waals surface area contributed by atoms with Crippen LogP contribution >= 0.6 is 0 Å². The number of nitrogens with one attached hydrogen (secondary N) is 1. The quantitative estimate of drug-likeness (QED) is 0.732. The molecule has 1 aromatic rings. The van der Waals surface area contributed by atoms with Crippen LogP contribution in [0.3, 0.4) is 0 Å². The fraction of sp³-hybridized carbons (Fsp3) is 0.731. The lowest BCUT2D eigenvalue weighted by Crippen LogP contribution is -2.51. The molecule has 2 aliphatic carbocycles. The summed E-state index contributed by atoms with van der Waals surface area (Å²) >= 11 is 0. The van der Waals surface area contributed by atoms with Gasteiger partial charge in [-0.1, -0.05) is 43.5 Å². The Morgan fingerprint density at radius 1 is 1.06 bits per heavy atom. The van der Waals surface area contributed by atoms with Gasteiger partial charge in [-0.2, -0.15) is 0 Å². The Hall–Kier alpha value is -1.47. The van der Waals surface area contributed by atoms with Crippen molar-refractivity contribution in [3.8, 4) is 0 Å². The minimum absolute atomic E-state index is 0.161. The van der Waals surface area contributed by atoms with Gasteiger partial charge in [0.05, 0.1) is 31.4 Å². The number of ether oxygens (including phenoxy) is 2. The fourth-order valence-corrected chi connectivity index (χ4v) is 6.40. The van der Waals surface area contributed by atoms with Crippen LogP contribution in [0.25, 0.3) is 0 Å². The average Bonchev–Trinajstić information content (AvgIpc) is 3.30. The van der Waals surface area contributed by atoms with Crippen LogP contribution in [0, 0.1) is 5.92 Å². The van der Waals surface area contributed by atoms with Crippen molar-refractivity contribution in [3.63, 3.8) is 0 Å². The Bertz CT molecular complexity index is 791. The third-order valence-corrected chi connectivity index (χ3v) is 8.23. The second-order valence-electron chi connectivity index (χ2n) is 10.3. The Kier molecular flexibility index (Phi) is 6.57. The van der Waals surface area contributed by atoms with Crippen molar-refractivity contribution in [2.45, 2.75) is 81.6 Å². The fourth-order valence-electron chi connectivity index (χ4n) is 6.40. The van der Waals surface area contributed by atoms with Crippen LogP contribution in [-0.4, -0.2) is 60.1 Å². The zero-order valence-electron chi connectivity index (χ0n) is 19.2. The Labute approximate surface area is 191 Å². The molecule has 3 fully saturated rings. The van der Waals surface area contributed by atoms with Gasteiger partial charge in [-0.15, -0.1) is 0 Å². The summed E-state index contributed by atoms with van der Waals surface area (Å²) in [7, 11) is 0. The summed E-state index contributed by atoms with van der Waals surface area (Å²) in [5, 5.41) is 14.3. The molecule has 5 rings (SSSR count). The van der Waals surface area contributed by atoms with Gasteiger partial charge >= 0.3 is 0 Å². The van der Waals surface area contributed by atoms with E-state index in [1.165, 1.54) is 43.2 Å². The molecule has 6 nitrogen and oxygen atoms in total. The van der Waals surface area contributed by atoms with E-state index in [4.69, 9.17) is 9.47 Å². The van der Waals surface area contributed by atoms with Gasteiger partial charge in [0.2, 0.25) is 5.91 Å². The molecule has 0 aromatic heterocycles. The van der Waals surface area contributed by atoms with Crippen molar-refractivity contribution in [3.05, 3.63) is 35.4 Å². The molecule has 6 heteroatoms. The first kappa shape index (κ1) is 22.3. The molecule has 32 heavy (non-hydrogen) atoms. The predicted octanol–water partition coefficient (Wildman–Crippen LogP) is 3.33. The van der Waals surface area contributed by atoms with E-state index in [0.717, 1.165) is 13.0 Å². The molecule has 1 saturated heterocycles. The first-order valence-corrected chi connectivity index (χ1v) is 12.7. The van der Waals surface area contributed by atoms with Crippen LogP contribution in [0.5, 0.6) is 0 Å². The number of rotatable bonds is 5. The lowest BCUT2D eigenvalue weighted by atomic mass is 9.77. The molecule has 1 unspecified atom stereocenters. The molecule has 2 heterocycles. The number of hydrogen-bond acceptors (Lipinski definition) is 5. The highest BCUT2D eigenvalue weighted by atomic mass is 16.7. The summed E-state index contributed by atoms with van der Waals surface area (Å²) < 4.78 is 11.6. The highest BCUT2D eigenvalue weighted by Gasteiger charge is 2.45. The molecule has 1 atom stereocenters. The third kappa shape index (κ3) is 4.60. The molecule has 2 N–H and O–H groups in total. The number of amides is 1. The van der Waals surface area contributed by atoms with Gasteiger partial charge < -0.3 is 24.8 Å². The largest absolute Gasteiger partial charge is 0.389 e. The minimum Gasteiger partial charge on any atom is -0.389 e. The molecule has 0 bridgehead atoms. The van der Waals surface area contributed by atoms with Crippen LogP contribution in [-0.2, 0) is 20.7 Å². The Morgan fingerprint density at radius 2 is 1.78 bits per heavy atom. The van der Waals surface area contributed by atoms with Gasteiger partial charge in [0.1, 0.15) is 0 Å². The maximum atomic E-state index is 13.4. The summed E-state index contributed by atoms with van der Waals surface area (Å²) in [5.41, 5.74) is 1.96. The molecule has 176 valence electrons. The molecule has 1 aromatic carbocycles. The summed E-state index contributed by atoms with van der Waals surface area (Å²) in [6.07, 6.45) is 9.90. The minimum atomic E-state index is -0.794. The van der Waals surface area contributed by atoms with Crippen LogP contribution in [0.4, 0.5) is 0 Å². The SMILES string of the molecule is O=C(CNCC1(O)CCC2(CC1)OCCO2)N1CCc2ccccc2C1C1CCCCC1. The van der Waals surface area contributed by atoms with Crippen LogP contribution < -0.4 is 5.32 Å². The molecular weight excluding hydrogens is 404 g/mol. The zero-order valence-corrected chi connectivity index (χ0v) is 19.2. The van der Waals surface area contributed by atoms with E-state index in [0.29, 0.717) is 51.4 Å². The predicted molar refractivity (Wildman–Crippen MR) is 122 cm³/mol. The van der Waals surface area contributed by atoms with Crippen molar-refractivity contribution in [1.29, 1.82) is 0 Å². The van der Waals surface area contributed by atoms with Gasteiger partial charge in [-0.05, 0) is 49.1 Å². The van der Waals surface area contributed by atoms with Crippen molar-refractivity contribution in [2.24, 2.45) is 5.92 Å². The summed E-state index contributed by atoms with van der Waals surface area (Å²) in [4.78, 5) is 15.5. The van der Waals surface area contributed by atoms with Crippen molar-refractivity contribution in [1.82, 2.24) is 10.2 Å².